The van der Waals surface area contributed by atoms with Crippen LogP contribution in [0.1, 0.15) is 10.4 Å². The van der Waals surface area contributed by atoms with Crippen molar-refractivity contribution in [3.05, 3.63) is 59.1 Å². The summed E-state index contributed by atoms with van der Waals surface area (Å²) in [4.78, 5) is 16.9. The molecule has 0 fully saturated rings. The van der Waals surface area contributed by atoms with Gasteiger partial charge in [-0.25, -0.2) is 9.78 Å². The molecular weight excluding hydrogens is 332 g/mol. The smallest absolute Gasteiger partial charge is 0.340 e. The molecule has 4 rings (SSSR count). The molecule has 0 bridgehead atoms. The predicted molar refractivity (Wildman–Crippen MR) is 91.1 cm³/mol. The van der Waals surface area contributed by atoms with Crippen LogP contribution in [0, 0.1) is 0 Å². The van der Waals surface area contributed by atoms with Crippen molar-refractivity contribution in [3.63, 3.8) is 0 Å². The van der Waals surface area contributed by atoms with Gasteiger partial charge in [-0.05, 0) is 24.3 Å². The molecule has 1 aliphatic rings. The highest BCUT2D eigenvalue weighted by atomic mass is 35.5. The number of rotatable bonds is 2. The number of imidazole rings is 1. The van der Waals surface area contributed by atoms with Crippen LogP contribution in [-0.4, -0.2) is 27.4 Å². The van der Waals surface area contributed by atoms with Gasteiger partial charge in [0, 0.05) is 5.75 Å². The number of halogens is 1. The van der Waals surface area contributed by atoms with Crippen LogP contribution in [0.5, 0.6) is 0 Å². The van der Waals surface area contributed by atoms with E-state index in [1.165, 1.54) is 0 Å². The monoisotopic (exact) mass is 344 g/mol. The molecule has 0 aliphatic carbocycles. The van der Waals surface area contributed by atoms with Crippen molar-refractivity contribution in [2.75, 3.05) is 5.75 Å². The molecule has 2 aromatic carbocycles. The van der Waals surface area contributed by atoms with Crippen LogP contribution in [0.3, 0.4) is 0 Å². The van der Waals surface area contributed by atoms with Crippen molar-refractivity contribution in [1.82, 2.24) is 9.55 Å². The van der Waals surface area contributed by atoms with Crippen LogP contribution < -0.4 is 0 Å². The summed E-state index contributed by atoms with van der Waals surface area (Å²) in [5.74, 6) is 0.313. The van der Waals surface area contributed by atoms with Crippen molar-refractivity contribution >= 4 is 40.4 Å². The first-order chi connectivity index (χ1) is 11.2. The molecule has 1 aliphatic heterocycles. The maximum absolute atomic E-state index is 12.3. The summed E-state index contributed by atoms with van der Waals surface area (Å²) < 4.78 is 7.75. The van der Waals surface area contributed by atoms with Gasteiger partial charge < -0.3 is 9.30 Å². The third-order valence-corrected chi connectivity index (χ3v) is 5.21. The summed E-state index contributed by atoms with van der Waals surface area (Å²) in [7, 11) is 0. The van der Waals surface area contributed by atoms with E-state index in [1.54, 1.807) is 36.0 Å². The van der Waals surface area contributed by atoms with E-state index >= 15 is 0 Å². The fourth-order valence-electron chi connectivity index (χ4n) is 2.68. The fourth-order valence-corrected chi connectivity index (χ4v) is 3.89. The highest BCUT2D eigenvalue weighted by Gasteiger charge is 2.26. The van der Waals surface area contributed by atoms with Crippen LogP contribution in [0.4, 0.5) is 0 Å². The minimum absolute atomic E-state index is 0.200. The summed E-state index contributed by atoms with van der Waals surface area (Å²) in [5, 5.41) is 1.38. The lowest BCUT2D eigenvalue weighted by atomic mass is 10.2. The van der Waals surface area contributed by atoms with Gasteiger partial charge in [-0.1, -0.05) is 47.6 Å². The number of aromatic nitrogens is 2. The number of hydrogen-bond donors (Lipinski definition) is 0. The van der Waals surface area contributed by atoms with E-state index in [9.17, 15) is 4.79 Å². The number of fused-ring (bicyclic) bond motifs is 3. The molecule has 0 unspecified atom stereocenters. The molecule has 3 aromatic rings. The zero-order valence-corrected chi connectivity index (χ0v) is 13.7. The van der Waals surface area contributed by atoms with Crippen molar-refractivity contribution in [2.24, 2.45) is 0 Å². The van der Waals surface area contributed by atoms with Gasteiger partial charge in [-0.2, -0.15) is 0 Å². The lowest BCUT2D eigenvalue weighted by molar-refractivity contribution is 0.0307. The summed E-state index contributed by atoms with van der Waals surface area (Å²) in [5.41, 5.74) is 2.43. The lowest BCUT2D eigenvalue weighted by Gasteiger charge is -2.24. The lowest BCUT2D eigenvalue weighted by Crippen LogP contribution is -2.29. The van der Waals surface area contributed by atoms with Crippen molar-refractivity contribution in [2.45, 2.75) is 17.8 Å². The predicted octanol–water partition coefficient (Wildman–Crippen LogP) is 4.02. The van der Waals surface area contributed by atoms with E-state index in [1.807, 2.05) is 24.3 Å². The Bertz CT molecular complexity index is 893. The van der Waals surface area contributed by atoms with Gasteiger partial charge in [0.05, 0.1) is 28.2 Å². The quantitative estimate of drug-likeness (QED) is 0.659. The number of carbonyl (C=O) groups is 1. The largest absolute Gasteiger partial charge is 0.456 e. The van der Waals surface area contributed by atoms with Gasteiger partial charge in [0.1, 0.15) is 6.10 Å². The summed E-state index contributed by atoms with van der Waals surface area (Å²) in [6.45, 7) is 0.610. The molecule has 116 valence electrons. The standard InChI is InChI=1S/C17H13ClN2O2S/c18-13-6-2-1-5-12(13)16(21)22-11-9-20-15-8-4-3-7-14(15)19-17(20)23-10-11/h1-8,11H,9-10H2/t11-/m1/s1. The second-order valence-electron chi connectivity index (χ2n) is 5.31. The molecule has 0 saturated heterocycles. The SMILES string of the molecule is O=C(O[C@H]1CSc2nc3ccccc3n2C1)c1ccccc1Cl. The molecule has 0 radical (unpaired) electrons. The minimum atomic E-state index is -0.380. The molecule has 1 aromatic heterocycles. The van der Waals surface area contributed by atoms with Crippen molar-refractivity contribution < 1.29 is 9.53 Å². The van der Waals surface area contributed by atoms with Crippen LogP contribution in [0.25, 0.3) is 11.0 Å². The third-order valence-electron chi connectivity index (χ3n) is 3.77. The molecule has 2 heterocycles. The number of para-hydroxylation sites is 2. The van der Waals surface area contributed by atoms with Gasteiger partial charge in [-0.3, -0.25) is 0 Å². The van der Waals surface area contributed by atoms with Gasteiger partial charge in [0.2, 0.25) is 0 Å². The topological polar surface area (TPSA) is 44.1 Å². The van der Waals surface area contributed by atoms with Crippen molar-refractivity contribution in [3.8, 4) is 0 Å². The van der Waals surface area contributed by atoms with Crippen LogP contribution in [0.15, 0.2) is 53.7 Å². The van der Waals surface area contributed by atoms with Crippen LogP contribution in [-0.2, 0) is 11.3 Å². The van der Waals surface area contributed by atoms with E-state index in [0.29, 0.717) is 22.9 Å². The Labute approximate surface area is 142 Å². The Morgan fingerprint density at radius 1 is 1.22 bits per heavy atom. The van der Waals surface area contributed by atoms with E-state index in [-0.39, 0.29) is 12.1 Å². The van der Waals surface area contributed by atoms with Crippen LogP contribution in [0.2, 0.25) is 5.02 Å². The highest BCUT2D eigenvalue weighted by molar-refractivity contribution is 7.99. The summed E-state index contributed by atoms with van der Waals surface area (Å²) in [6.07, 6.45) is -0.200. The number of nitrogens with zero attached hydrogens (tertiary/aromatic N) is 2. The maximum atomic E-state index is 12.3. The number of esters is 1. The molecule has 4 nitrogen and oxygen atoms in total. The van der Waals surface area contributed by atoms with Gasteiger partial charge in [0.15, 0.2) is 5.16 Å². The summed E-state index contributed by atoms with van der Waals surface area (Å²) in [6, 6.07) is 14.9. The second kappa shape index (κ2) is 5.91. The first kappa shape index (κ1) is 14.6. The molecule has 0 N–H and O–H groups in total. The molecule has 6 heteroatoms. The normalized spacial score (nSPS) is 17.0. The van der Waals surface area contributed by atoms with E-state index in [2.05, 4.69) is 9.55 Å². The first-order valence-electron chi connectivity index (χ1n) is 7.26. The summed E-state index contributed by atoms with van der Waals surface area (Å²) >= 11 is 7.66. The highest BCUT2D eigenvalue weighted by Crippen LogP contribution is 2.30. The van der Waals surface area contributed by atoms with Crippen molar-refractivity contribution in [1.29, 1.82) is 0 Å². The van der Waals surface area contributed by atoms with Gasteiger partial charge in [-0.15, -0.1) is 0 Å². The molecule has 1 atom stereocenters. The molecule has 0 saturated carbocycles. The van der Waals surface area contributed by atoms with Gasteiger partial charge >= 0.3 is 5.97 Å². The minimum Gasteiger partial charge on any atom is -0.456 e. The zero-order valence-electron chi connectivity index (χ0n) is 12.1. The number of benzene rings is 2. The zero-order chi connectivity index (χ0) is 15.8. The fraction of sp³-hybridized carbons (Fsp3) is 0.176. The molecule has 0 amide bonds. The van der Waals surface area contributed by atoms with Gasteiger partial charge in [0.25, 0.3) is 0 Å². The number of carbonyl (C=O) groups excluding carboxylic acids is 1. The Morgan fingerprint density at radius 2 is 2.00 bits per heavy atom. The Balaban J connectivity index is 1.56. The second-order valence-corrected chi connectivity index (χ2v) is 6.71. The number of thioether (sulfide) groups is 1. The average molecular weight is 345 g/mol. The van der Waals surface area contributed by atoms with E-state index < -0.39 is 0 Å². The third kappa shape index (κ3) is 2.71. The Kier molecular flexibility index (Phi) is 3.75. The Hall–Kier alpha value is -1.98. The molecule has 0 spiro atoms. The molecular formula is C17H13ClN2O2S. The first-order valence-corrected chi connectivity index (χ1v) is 8.62. The average Bonchev–Trinajstić information content (AvgIpc) is 2.93. The van der Waals surface area contributed by atoms with Crippen LogP contribution >= 0.6 is 23.4 Å². The number of ether oxygens (including phenoxy) is 1. The number of hydrogen-bond acceptors (Lipinski definition) is 4. The maximum Gasteiger partial charge on any atom is 0.340 e. The van der Waals surface area contributed by atoms with E-state index in [4.69, 9.17) is 16.3 Å². The molecule has 23 heavy (non-hydrogen) atoms. The Morgan fingerprint density at radius 3 is 2.87 bits per heavy atom. The van der Waals surface area contributed by atoms with E-state index in [0.717, 1.165) is 16.2 Å².